The zero-order valence-corrected chi connectivity index (χ0v) is 15.3. The molecule has 0 bridgehead atoms. The van der Waals surface area contributed by atoms with Crippen molar-refractivity contribution in [1.29, 1.82) is 0 Å². The highest BCUT2D eigenvalue weighted by Crippen LogP contribution is 2.30. The van der Waals surface area contributed by atoms with E-state index in [-0.39, 0.29) is 11.8 Å². The Labute approximate surface area is 155 Å². The molecule has 1 fully saturated rings. The number of carbonyl (C=O) groups is 1. The third-order valence-electron chi connectivity index (χ3n) is 4.53. The number of aromatic nitrogens is 3. The largest absolute Gasteiger partial charge is 0.365 e. The van der Waals surface area contributed by atoms with Crippen molar-refractivity contribution in [3.63, 3.8) is 0 Å². The Morgan fingerprint density at radius 3 is 2.85 bits per heavy atom. The minimum absolute atomic E-state index is 0.00289. The Hall–Kier alpha value is -2.58. The van der Waals surface area contributed by atoms with Crippen LogP contribution in [0.2, 0.25) is 0 Å². The predicted molar refractivity (Wildman–Crippen MR) is 104 cm³/mol. The van der Waals surface area contributed by atoms with Gasteiger partial charge < -0.3 is 10.6 Å². The van der Waals surface area contributed by atoms with Gasteiger partial charge in [-0.3, -0.25) is 10.1 Å². The zero-order chi connectivity index (χ0) is 17.9. The quantitative estimate of drug-likeness (QED) is 0.656. The Bertz CT molecular complexity index is 934. The van der Waals surface area contributed by atoms with E-state index in [2.05, 4.69) is 30.9 Å². The van der Waals surface area contributed by atoms with Crippen molar-refractivity contribution in [2.24, 2.45) is 5.92 Å². The van der Waals surface area contributed by atoms with Gasteiger partial charge in [0.25, 0.3) is 0 Å². The topological polar surface area (TPSA) is 91.8 Å². The molecule has 7 nitrogen and oxygen atoms in total. The molecule has 0 saturated carbocycles. The third-order valence-corrected chi connectivity index (χ3v) is 5.60. The van der Waals surface area contributed by atoms with Crippen molar-refractivity contribution in [2.75, 3.05) is 30.8 Å². The first-order valence-electron chi connectivity index (χ1n) is 8.65. The summed E-state index contributed by atoms with van der Waals surface area (Å²) in [7, 11) is 1.85. The number of hydrogen-bond donors (Lipinski definition) is 3. The summed E-state index contributed by atoms with van der Waals surface area (Å²) >= 11 is 1.59. The minimum Gasteiger partial charge on any atom is -0.365 e. The van der Waals surface area contributed by atoms with Crippen LogP contribution >= 0.6 is 11.3 Å². The van der Waals surface area contributed by atoms with E-state index in [1.807, 2.05) is 31.4 Å². The van der Waals surface area contributed by atoms with Gasteiger partial charge in [-0.2, -0.15) is 0 Å². The highest BCUT2D eigenvalue weighted by atomic mass is 32.1. The summed E-state index contributed by atoms with van der Waals surface area (Å²) in [6.45, 7) is 1.76. The van der Waals surface area contributed by atoms with E-state index in [9.17, 15) is 4.79 Å². The van der Waals surface area contributed by atoms with Crippen molar-refractivity contribution < 1.29 is 4.79 Å². The molecular formula is C18H20N6OS. The van der Waals surface area contributed by atoms with Crippen molar-refractivity contribution in [3.8, 4) is 10.4 Å². The summed E-state index contributed by atoms with van der Waals surface area (Å²) in [6.07, 6.45) is 5.29. The number of nitrogens with one attached hydrogen (secondary N) is 3. The maximum atomic E-state index is 12.4. The van der Waals surface area contributed by atoms with E-state index < -0.39 is 0 Å². The number of anilines is 2. The maximum Gasteiger partial charge on any atom is 0.229 e. The first-order chi connectivity index (χ1) is 12.7. The molecular weight excluding hydrogens is 348 g/mol. The normalized spacial score (nSPS) is 15.1. The summed E-state index contributed by atoms with van der Waals surface area (Å²) in [5, 5.41) is 11.0. The number of hydrogen-bond acceptors (Lipinski definition) is 7. The van der Waals surface area contributed by atoms with Crippen molar-refractivity contribution >= 4 is 39.2 Å². The van der Waals surface area contributed by atoms with Gasteiger partial charge in [0.15, 0.2) is 5.13 Å². The average molecular weight is 368 g/mol. The Morgan fingerprint density at radius 2 is 2.08 bits per heavy atom. The molecule has 3 heterocycles. The molecule has 1 aliphatic rings. The van der Waals surface area contributed by atoms with Gasteiger partial charge in [0, 0.05) is 30.7 Å². The second kappa shape index (κ2) is 7.35. The SMILES string of the molecule is CNc1ncc(-c2ccc3cnc(NC(=O)C4CCNCC4)nc3c2)s1. The zero-order valence-electron chi connectivity index (χ0n) is 14.5. The molecule has 1 saturated heterocycles. The lowest BCUT2D eigenvalue weighted by molar-refractivity contribution is -0.120. The van der Waals surface area contributed by atoms with Crippen LogP contribution < -0.4 is 16.0 Å². The molecule has 4 rings (SSSR count). The number of amides is 1. The number of rotatable bonds is 4. The van der Waals surface area contributed by atoms with Crippen LogP contribution in [0, 0.1) is 5.92 Å². The fourth-order valence-electron chi connectivity index (χ4n) is 3.06. The molecule has 0 atom stereocenters. The number of nitrogens with zero attached hydrogens (tertiary/aromatic N) is 3. The Balaban J connectivity index is 1.58. The second-order valence-corrected chi connectivity index (χ2v) is 7.29. The van der Waals surface area contributed by atoms with Crippen LogP contribution in [-0.2, 0) is 4.79 Å². The number of piperidine rings is 1. The average Bonchev–Trinajstić information content (AvgIpc) is 3.17. The van der Waals surface area contributed by atoms with E-state index in [0.717, 1.165) is 52.4 Å². The van der Waals surface area contributed by atoms with Crippen LogP contribution in [0.15, 0.2) is 30.6 Å². The molecule has 8 heteroatoms. The summed E-state index contributed by atoms with van der Waals surface area (Å²) < 4.78 is 0. The number of fused-ring (bicyclic) bond motifs is 1. The second-order valence-electron chi connectivity index (χ2n) is 6.26. The lowest BCUT2D eigenvalue weighted by Gasteiger charge is -2.21. The highest BCUT2D eigenvalue weighted by molar-refractivity contribution is 7.18. The fourth-order valence-corrected chi connectivity index (χ4v) is 3.82. The smallest absolute Gasteiger partial charge is 0.229 e. The summed E-state index contributed by atoms with van der Waals surface area (Å²) in [6, 6.07) is 6.03. The van der Waals surface area contributed by atoms with Gasteiger partial charge in [-0.05, 0) is 37.6 Å². The van der Waals surface area contributed by atoms with Gasteiger partial charge in [0.05, 0.1) is 10.4 Å². The van der Waals surface area contributed by atoms with Gasteiger partial charge in [-0.1, -0.05) is 23.5 Å². The summed E-state index contributed by atoms with van der Waals surface area (Å²) in [4.78, 5) is 26.6. The van der Waals surface area contributed by atoms with E-state index in [1.54, 1.807) is 17.5 Å². The van der Waals surface area contributed by atoms with Crippen molar-refractivity contribution in [3.05, 3.63) is 30.6 Å². The molecule has 1 aliphatic heterocycles. The molecule has 26 heavy (non-hydrogen) atoms. The molecule has 0 unspecified atom stereocenters. The number of benzene rings is 1. The summed E-state index contributed by atoms with van der Waals surface area (Å²) in [5.74, 6) is 0.389. The van der Waals surface area contributed by atoms with E-state index in [0.29, 0.717) is 5.95 Å². The van der Waals surface area contributed by atoms with Crippen LogP contribution in [0.5, 0.6) is 0 Å². The Morgan fingerprint density at radius 1 is 1.23 bits per heavy atom. The van der Waals surface area contributed by atoms with E-state index >= 15 is 0 Å². The van der Waals surface area contributed by atoms with Gasteiger partial charge in [0.1, 0.15) is 0 Å². The van der Waals surface area contributed by atoms with Gasteiger partial charge in [-0.15, -0.1) is 0 Å². The fraction of sp³-hybridized carbons (Fsp3) is 0.333. The molecule has 2 aromatic heterocycles. The number of carbonyl (C=O) groups excluding carboxylic acids is 1. The molecule has 0 aliphatic carbocycles. The standard InChI is InChI=1S/C18H20N6OS/c1-19-18-22-10-15(26-18)12-2-3-13-9-21-17(23-14(13)8-12)24-16(25)11-4-6-20-7-5-11/h2-3,8-11,20H,4-7H2,1H3,(H,19,22)(H,21,23,24,25). The third kappa shape index (κ3) is 3.51. The Kier molecular flexibility index (Phi) is 4.77. The first kappa shape index (κ1) is 16.9. The van der Waals surface area contributed by atoms with Crippen LogP contribution in [0.1, 0.15) is 12.8 Å². The van der Waals surface area contributed by atoms with Gasteiger partial charge in [-0.25, -0.2) is 15.0 Å². The number of thiazole rings is 1. The monoisotopic (exact) mass is 368 g/mol. The lowest BCUT2D eigenvalue weighted by atomic mass is 9.97. The van der Waals surface area contributed by atoms with Crippen LogP contribution in [-0.4, -0.2) is 41.0 Å². The summed E-state index contributed by atoms with van der Waals surface area (Å²) in [5.41, 5.74) is 1.85. The van der Waals surface area contributed by atoms with Gasteiger partial charge in [0.2, 0.25) is 11.9 Å². The first-order valence-corrected chi connectivity index (χ1v) is 9.47. The highest BCUT2D eigenvalue weighted by Gasteiger charge is 2.21. The van der Waals surface area contributed by atoms with Crippen molar-refractivity contribution in [1.82, 2.24) is 20.3 Å². The molecule has 1 amide bonds. The molecule has 3 N–H and O–H groups in total. The molecule has 0 spiro atoms. The molecule has 3 aromatic rings. The predicted octanol–water partition coefficient (Wildman–Crippen LogP) is 2.73. The molecule has 0 radical (unpaired) electrons. The van der Waals surface area contributed by atoms with Crippen LogP contribution in [0.3, 0.4) is 0 Å². The maximum absolute atomic E-state index is 12.4. The van der Waals surface area contributed by atoms with Gasteiger partial charge >= 0.3 is 0 Å². The van der Waals surface area contributed by atoms with Crippen LogP contribution in [0.4, 0.5) is 11.1 Å². The molecule has 1 aromatic carbocycles. The van der Waals surface area contributed by atoms with Crippen molar-refractivity contribution in [2.45, 2.75) is 12.8 Å². The van der Waals surface area contributed by atoms with Crippen LogP contribution in [0.25, 0.3) is 21.3 Å². The van der Waals surface area contributed by atoms with E-state index in [1.165, 1.54) is 0 Å². The molecule has 134 valence electrons. The lowest BCUT2D eigenvalue weighted by Crippen LogP contribution is -2.34. The minimum atomic E-state index is 0.00289. The van der Waals surface area contributed by atoms with E-state index in [4.69, 9.17) is 0 Å².